The van der Waals surface area contributed by atoms with Crippen molar-refractivity contribution >= 4 is 25.8 Å². The third kappa shape index (κ3) is 4.77. The first-order valence-electron chi connectivity index (χ1n) is 10.3. The summed E-state index contributed by atoms with van der Waals surface area (Å²) in [6, 6.07) is 22.4. The van der Waals surface area contributed by atoms with Gasteiger partial charge in [-0.3, -0.25) is 4.99 Å². The van der Waals surface area contributed by atoms with Gasteiger partial charge in [0.05, 0.1) is 5.69 Å². The second-order valence-electron chi connectivity index (χ2n) is 7.57. The third-order valence-corrected chi connectivity index (χ3v) is 8.04. The van der Waals surface area contributed by atoms with E-state index in [1.807, 2.05) is 48.7 Å². The smallest absolute Gasteiger partial charge is 0.119 e. The van der Waals surface area contributed by atoms with Crippen LogP contribution in [0.1, 0.15) is 48.9 Å². The van der Waals surface area contributed by atoms with Crippen LogP contribution in [0.15, 0.2) is 71.7 Å². The quantitative estimate of drug-likeness (QED) is 0.342. The van der Waals surface area contributed by atoms with Crippen molar-refractivity contribution in [3.63, 3.8) is 0 Å². The predicted octanol–water partition coefficient (Wildman–Crippen LogP) is 6.78. The van der Waals surface area contributed by atoms with Gasteiger partial charge in [-0.1, -0.05) is 76.5 Å². The third-order valence-electron chi connectivity index (χ3n) is 5.65. The molecule has 0 amide bonds. The maximum atomic E-state index is 10.7. The Morgan fingerprint density at radius 1 is 0.931 bits per heavy atom. The van der Waals surface area contributed by atoms with Crippen LogP contribution in [0.2, 0.25) is 0 Å². The highest BCUT2D eigenvalue weighted by molar-refractivity contribution is 7.49. The van der Waals surface area contributed by atoms with Crippen molar-refractivity contribution in [1.29, 1.82) is 0 Å². The summed E-state index contributed by atoms with van der Waals surface area (Å²) in [6.45, 7) is 8.73. The van der Waals surface area contributed by atoms with Gasteiger partial charge >= 0.3 is 0 Å². The maximum absolute atomic E-state index is 10.7. The number of hydrogen-bond donors (Lipinski definition) is 1. The minimum absolute atomic E-state index is 0.0858. The number of aromatic hydroxyl groups is 1. The Labute approximate surface area is 176 Å². The molecule has 0 aliphatic heterocycles. The molecule has 2 nitrogen and oxygen atoms in total. The summed E-state index contributed by atoms with van der Waals surface area (Å²) >= 11 is 0. The van der Waals surface area contributed by atoms with Gasteiger partial charge in [0.2, 0.25) is 0 Å². The Morgan fingerprint density at radius 3 is 2.34 bits per heavy atom. The molecule has 1 N–H and O–H groups in total. The molecule has 0 fully saturated rings. The Kier molecular flexibility index (Phi) is 6.87. The van der Waals surface area contributed by atoms with Crippen molar-refractivity contribution in [2.75, 3.05) is 0 Å². The molecule has 0 spiro atoms. The maximum Gasteiger partial charge on any atom is 0.119 e. The number of phenols is 1. The monoisotopic (exact) mass is 403 g/mol. The summed E-state index contributed by atoms with van der Waals surface area (Å²) in [5.41, 5.74) is 5.64. The van der Waals surface area contributed by atoms with Gasteiger partial charge in [0.15, 0.2) is 0 Å². The fourth-order valence-corrected chi connectivity index (χ4v) is 5.51. The summed E-state index contributed by atoms with van der Waals surface area (Å²) in [4.78, 5) is 4.69. The van der Waals surface area contributed by atoms with Crippen molar-refractivity contribution < 1.29 is 5.11 Å². The van der Waals surface area contributed by atoms with E-state index in [1.165, 1.54) is 16.4 Å². The topological polar surface area (TPSA) is 32.6 Å². The average molecular weight is 404 g/mol. The zero-order chi connectivity index (χ0) is 20.9. The lowest BCUT2D eigenvalue weighted by atomic mass is 9.91. The van der Waals surface area contributed by atoms with E-state index in [0.717, 1.165) is 29.7 Å². The van der Waals surface area contributed by atoms with Crippen LogP contribution in [0.5, 0.6) is 5.75 Å². The standard InChI is InChI=1S/C26H30NOP/c1-5-26(6-2,23-17-19(3)15-16-24(23)28)29-25-20(4)11-10-12-21(25)18-27-22-13-8-7-9-14-22/h7-18,28-29H,5-6H2,1-4H3/b27-18+. The minimum Gasteiger partial charge on any atom is -0.508 e. The fourth-order valence-electron chi connectivity index (χ4n) is 3.77. The molecule has 0 saturated heterocycles. The van der Waals surface area contributed by atoms with Crippen LogP contribution in [0.4, 0.5) is 5.69 Å². The molecular weight excluding hydrogens is 373 g/mol. The zero-order valence-corrected chi connectivity index (χ0v) is 18.7. The first kappa shape index (κ1) is 21.3. The number of hydrogen-bond acceptors (Lipinski definition) is 2. The first-order chi connectivity index (χ1) is 14.0. The second-order valence-corrected chi connectivity index (χ2v) is 9.27. The van der Waals surface area contributed by atoms with Crippen LogP contribution < -0.4 is 5.30 Å². The second kappa shape index (κ2) is 9.37. The molecule has 0 saturated carbocycles. The highest BCUT2D eigenvalue weighted by atomic mass is 31.1. The van der Waals surface area contributed by atoms with Crippen molar-refractivity contribution in [3.05, 3.63) is 89.0 Å². The van der Waals surface area contributed by atoms with E-state index < -0.39 is 0 Å². The van der Waals surface area contributed by atoms with Gasteiger partial charge in [-0.05, 0) is 55.8 Å². The molecule has 150 valence electrons. The summed E-state index contributed by atoms with van der Waals surface area (Å²) < 4.78 is 0. The van der Waals surface area contributed by atoms with Crippen LogP contribution >= 0.6 is 8.58 Å². The fraction of sp³-hybridized carbons (Fsp3) is 0.269. The van der Waals surface area contributed by atoms with E-state index in [9.17, 15) is 5.11 Å². The van der Waals surface area contributed by atoms with Gasteiger partial charge in [-0.2, -0.15) is 0 Å². The van der Waals surface area contributed by atoms with E-state index in [2.05, 4.69) is 52.0 Å². The molecular formula is C26H30NOP. The molecule has 0 bridgehead atoms. The lowest BCUT2D eigenvalue weighted by molar-refractivity contribution is 0.448. The lowest BCUT2D eigenvalue weighted by Crippen LogP contribution is -2.24. The summed E-state index contributed by atoms with van der Waals surface area (Å²) in [5.74, 6) is 0.403. The highest BCUT2D eigenvalue weighted by Crippen LogP contribution is 2.50. The molecule has 0 aromatic heterocycles. The lowest BCUT2D eigenvalue weighted by Gasteiger charge is -2.34. The normalized spacial score (nSPS) is 12.3. The minimum atomic E-state index is -0.0858. The number of para-hydroxylation sites is 1. The average Bonchev–Trinajstić information content (AvgIpc) is 2.74. The summed E-state index contributed by atoms with van der Waals surface area (Å²) in [6.07, 6.45) is 3.93. The van der Waals surface area contributed by atoms with Crippen molar-refractivity contribution in [3.8, 4) is 5.75 Å². The number of nitrogens with zero attached hydrogens (tertiary/aromatic N) is 1. The number of benzene rings is 3. The Morgan fingerprint density at radius 2 is 1.66 bits per heavy atom. The van der Waals surface area contributed by atoms with Gasteiger partial charge in [-0.15, -0.1) is 0 Å². The SMILES string of the molecule is CCC(CC)(Pc1c(C)cccc1/C=N/c1ccccc1)c1cc(C)ccc1O. The summed E-state index contributed by atoms with van der Waals surface area (Å²) in [7, 11) is 0.550. The molecule has 3 heteroatoms. The predicted molar refractivity (Wildman–Crippen MR) is 128 cm³/mol. The van der Waals surface area contributed by atoms with Crippen molar-refractivity contribution in [1.82, 2.24) is 0 Å². The van der Waals surface area contributed by atoms with Crippen molar-refractivity contribution in [2.24, 2.45) is 4.99 Å². The van der Waals surface area contributed by atoms with Crippen LogP contribution in [-0.2, 0) is 5.16 Å². The van der Waals surface area contributed by atoms with Gasteiger partial charge in [0.25, 0.3) is 0 Å². The molecule has 0 aliphatic rings. The molecule has 0 radical (unpaired) electrons. The Bertz CT molecular complexity index is 991. The van der Waals surface area contributed by atoms with Gasteiger partial charge in [0.1, 0.15) is 5.75 Å². The molecule has 3 rings (SSSR count). The number of aliphatic imine (C=N–C) groups is 1. The van der Waals surface area contributed by atoms with Crippen LogP contribution in [0.3, 0.4) is 0 Å². The van der Waals surface area contributed by atoms with Crippen LogP contribution in [0.25, 0.3) is 0 Å². The molecule has 0 heterocycles. The first-order valence-corrected chi connectivity index (χ1v) is 11.3. The molecule has 3 aromatic carbocycles. The van der Waals surface area contributed by atoms with Crippen molar-refractivity contribution in [2.45, 2.75) is 45.7 Å². The zero-order valence-electron chi connectivity index (χ0n) is 17.7. The Balaban J connectivity index is 2.05. The van der Waals surface area contributed by atoms with E-state index in [0.29, 0.717) is 14.3 Å². The van der Waals surface area contributed by atoms with E-state index in [-0.39, 0.29) is 5.16 Å². The van der Waals surface area contributed by atoms with Gasteiger partial charge < -0.3 is 5.11 Å². The van der Waals surface area contributed by atoms with E-state index in [1.54, 1.807) is 0 Å². The van der Waals surface area contributed by atoms with Gasteiger partial charge in [-0.25, -0.2) is 0 Å². The molecule has 3 aromatic rings. The molecule has 1 unspecified atom stereocenters. The molecule has 29 heavy (non-hydrogen) atoms. The summed E-state index contributed by atoms with van der Waals surface area (Å²) in [5, 5.41) is 11.9. The highest BCUT2D eigenvalue weighted by Gasteiger charge is 2.32. The Hall–Kier alpha value is -2.44. The van der Waals surface area contributed by atoms with Crippen LogP contribution in [-0.4, -0.2) is 11.3 Å². The van der Waals surface area contributed by atoms with E-state index >= 15 is 0 Å². The molecule has 1 atom stereocenters. The van der Waals surface area contributed by atoms with Gasteiger partial charge in [0, 0.05) is 22.5 Å². The molecule has 0 aliphatic carbocycles. The number of phenolic OH excluding ortho intramolecular Hbond substituents is 1. The van der Waals surface area contributed by atoms with Crippen LogP contribution in [0, 0.1) is 13.8 Å². The number of rotatable bonds is 7. The largest absolute Gasteiger partial charge is 0.508 e. The van der Waals surface area contributed by atoms with E-state index in [4.69, 9.17) is 4.99 Å². The number of aryl methyl sites for hydroxylation is 2.